The van der Waals surface area contributed by atoms with Crippen LogP contribution in [0.5, 0.6) is 0 Å². The molecule has 0 fully saturated rings. The molecule has 0 saturated heterocycles. The highest BCUT2D eigenvalue weighted by Gasteiger charge is 2.23. The summed E-state index contributed by atoms with van der Waals surface area (Å²) in [6, 6.07) is 18.3. The summed E-state index contributed by atoms with van der Waals surface area (Å²) in [7, 11) is 0. The maximum Gasteiger partial charge on any atom is 0.321 e. The lowest BCUT2D eigenvalue weighted by atomic mass is 9.98. The van der Waals surface area contributed by atoms with Crippen LogP contribution >= 0.6 is 11.8 Å². The van der Waals surface area contributed by atoms with Gasteiger partial charge in [-0.05, 0) is 42.4 Å². The van der Waals surface area contributed by atoms with Gasteiger partial charge in [-0.25, -0.2) is 0 Å². The van der Waals surface area contributed by atoms with Crippen LogP contribution in [-0.4, -0.2) is 27.9 Å². The molecular formula is C25H32O4S. The molecule has 1 atom stereocenters. The minimum Gasteiger partial charge on any atom is -0.481 e. The standard InChI is InChI=1S/C25H32O4S/c26-23(27)18-19-30-24(25(28)29)22-17-11-10-16-21(22)15-9-4-2-1-3-6-12-20-13-7-5-8-14-20/h5,7-8,10-11,13-14,16-17,24H,1-4,6,9,12,15,18-19H2,(H,26,27)(H,28,29). The highest BCUT2D eigenvalue weighted by Crippen LogP contribution is 2.32. The molecule has 2 N–H and O–H groups in total. The topological polar surface area (TPSA) is 74.6 Å². The van der Waals surface area contributed by atoms with Crippen molar-refractivity contribution in [3.05, 3.63) is 71.3 Å². The van der Waals surface area contributed by atoms with Crippen LogP contribution in [0.4, 0.5) is 0 Å². The second-order valence-electron chi connectivity index (χ2n) is 7.54. The quantitative estimate of drug-likeness (QED) is 0.333. The molecular weight excluding hydrogens is 396 g/mol. The molecule has 0 bridgehead atoms. The first kappa shape index (κ1) is 24.0. The van der Waals surface area contributed by atoms with Crippen molar-refractivity contribution in [3.8, 4) is 0 Å². The van der Waals surface area contributed by atoms with Crippen LogP contribution in [-0.2, 0) is 22.4 Å². The van der Waals surface area contributed by atoms with E-state index < -0.39 is 17.2 Å². The summed E-state index contributed by atoms with van der Waals surface area (Å²) in [6.07, 6.45) is 9.07. The lowest BCUT2D eigenvalue weighted by Crippen LogP contribution is -2.12. The molecule has 2 aromatic carbocycles. The van der Waals surface area contributed by atoms with E-state index in [0.29, 0.717) is 5.75 Å². The zero-order valence-electron chi connectivity index (χ0n) is 17.5. The molecule has 0 aromatic heterocycles. The number of aryl methyl sites for hydroxylation is 2. The third-order valence-corrected chi connectivity index (χ3v) is 6.40. The number of rotatable bonds is 15. The first-order valence-corrected chi connectivity index (χ1v) is 11.8. The second-order valence-corrected chi connectivity index (χ2v) is 8.75. The average molecular weight is 429 g/mol. The van der Waals surface area contributed by atoms with Gasteiger partial charge in [0, 0.05) is 5.75 Å². The predicted molar refractivity (Wildman–Crippen MR) is 123 cm³/mol. The van der Waals surface area contributed by atoms with Crippen LogP contribution in [0.1, 0.15) is 66.9 Å². The summed E-state index contributed by atoms with van der Waals surface area (Å²) in [5, 5.41) is 17.7. The Morgan fingerprint density at radius 2 is 1.37 bits per heavy atom. The fourth-order valence-corrected chi connectivity index (χ4v) is 4.65. The number of carbonyl (C=O) groups is 2. The van der Waals surface area contributed by atoms with E-state index in [1.807, 2.05) is 24.3 Å². The van der Waals surface area contributed by atoms with Crippen molar-refractivity contribution in [3.63, 3.8) is 0 Å². The molecule has 0 aliphatic carbocycles. The van der Waals surface area contributed by atoms with Crippen LogP contribution < -0.4 is 0 Å². The van der Waals surface area contributed by atoms with E-state index >= 15 is 0 Å². The monoisotopic (exact) mass is 428 g/mol. The molecule has 2 rings (SSSR count). The molecule has 5 heteroatoms. The molecule has 2 aromatic rings. The number of carboxylic acid groups (broad SMARTS) is 2. The lowest BCUT2D eigenvalue weighted by Gasteiger charge is -2.16. The van der Waals surface area contributed by atoms with Gasteiger partial charge < -0.3 is 10.2 Å². The van der Waals surface area contributed by atoms with Crippen LogP contribution in [0.3, 0.4) is 0 Å². The third kappa shape index (κ3) is 9.04. The molecule has 0 saturated carbocycles. The van der Waals surface area contributed by atoms with Gasteiger partial charge in [0.25, 0.3) is 0 Å². The van der Waals surface area contributed by atoms with Crippen molar-refractivity contribution >= 4 is 23.7 Å². The first-order chi connectivity index (χ1) is 14.6. The minimum absolute atomic E-state index is 0.0269. The lowest BCUT2D eigenvalue weighted by molar-refractivity contribution is -0.137. The number of aliphatic carboxylic acids is 2. The highest BCUT2D eigenvalue weighted by molar-refractivity contribution is 8.00. The van der Waals surface area contributed by atoms with Gasteiger partial charge in [-0.3, -0.25) is 9.59 Å². The van der Waals surface area contributed by atoms with E-state index in [9.17, 15) is 14.7 Å². The number of unbranched alkanes of at least 4 members (excludes halogenated alkanes) is 5. The Hall–Kier alpha value is -2.27. The van der Waals surface area contributed by atoms with Crippen molar-refractivity contribution in [2.75, 3.05) is 5.75 Å². The fraction of sp³-hybridized carbons (Fsp3) is 0.440. The number of benzene rings is 2. The average Bonchev–Trinajstić information content (AvgIpc) is 2.74. The number of thioether (sulfide) groups is 1. The van der Waals surface area contributed by atoms with Gasteiger partial charge in [-0.15, -0.1) is 11.8 Å². The zero-order chi connectivity index (χ0) is 21.6. The Balaban J connectivity index is 1.72. The first-order valence-electron chi connectivity index (χ1n) is 10.8. The Kier molecular flexibility index (Phi) is 11.1. The van der Waals surface area contributed by atoms with Crippen LogP contribution in [0.2, 0.25) is 0 Å². The minimum atomic E-state index is -0.906. The van der Waals surface area contributed by atoms with Gasteiger partial charge in [-0.1, -0.05) is 80.3 Å². The molecule has 0 spiro atoms. The van der Waals surface area contributed by atoms with Gasteiger partial charge in [0.2, 0.25) is 0 Å². The van der Waals surface area contributed by atoms with E-state index in [2.05, 4.69) is 30.3 Å². The third-order valence-electron chi connectivity index (χ3n) is 5.17. The van der Waals surface area contributed by atoms with E-state index in [1.165, 1.54) is 43.0 Å². The van der Waals surface area contributed by atoms with Crippen LogP contribution in [0, 0.1) is 0 Å². The van der Waals surface area contributed by atoms with Crippen molar-refractivity contribution < 1.29 is 19.8 Å². The molecule has 0 radical (unpaired) electrons. The molecule has 0 heterocycles. The zero-order valence-corrected chi connectivity index (χ0v) is 18.3. The molecule has 0 aliphatic rings. The summed E-state index contributed by atoms with van der Waals surface area (Å²) in [4.78, 5) is 22.5. The smallest absolute Gasteiger partial charge is 0.321 e. The van der Waals surface area contributed by atoms with E-state index in [4.69, 9.17) is 5.11 Å². The van der Waals surface area contributed by atoms with Gasteiger partial charge in [0.15, 0.2) is 0 Å². The Labute approximate surface area is 183 Å². The van der Waals surface area contributed by atoms with Crippen LogP contribution in [0.25, 0.3) is 0 Å². The highest BCUT2D eigenvalue weighted by atomic mass is 32.2. The summed E-state index contributed by atoms with van der Waals surface area (Å²) < 4.78 is 0. The van der Waals surface area contributed by atoms with Gasteiger partial charge in [0.05, 0.1) is 6.42 Å². The largest absolute Gasteiger partial charge is 0.481 e. The second kappa shape index (κ2) is 13.9. The van der Waals surface area contributed by atoms with Gasteiger partial charge in [0.1, 0.15) is 5.25 Å². The fourth-order valence-electron chi connectivity index (χ4n) is 3.57. The van der Waals surface area contributed by atoms with Gasteiger partial charge in [-0.2, -0.15) is 0 Å². The molecule has 0 aliphatic heterocycles. The van der Waals surface area contributed by atoms with Crippen molar-refractivity contribution in [2.45, 2.75) is 63.0 Å². The Bertz CT molecular complexity index is 776. The number of hydrogen-bond donors (Lipinski definition) is 2. The van der Waals surface area contributed by atoms with Gasteiger partial charge >= 0.3 is 11.9 Å². The molecule has 162 valence electrons. The molecule has 30 heavy (non-hydrogen) atoms. The summed E-state index contributed by atoms with van der Waals surface area (Å²) >= 11 is 1.20. The Morgan fingerprint density at radius 1 is 0.767 bits per heavy atom. The molecule has 4 nitrogen and oxygen atoms in total. The summed E-state index contributed by atoms with van der Waals surface area (Å²) in [6.45, 7) is 0. The summed E-state index contributed by atoms with van der Waals surface area (Å²) in [5.74, 6) is -1.51. The normalized spacial score (nSPS) is 11.9. The van der Waals surface area contributed by atoms with Crippen molar-refractivity contribution in [1.82, 2.24) is 0 Å². The van der Waals surface area contributed by atoms with E-state index in [1.54, 1.807) is 0 Å². The maximum absolute atomic E-state index is 11.7. The molecule has 0 amide bonds. The Morgan fingerprint density at radius 3 is 2.03 bits per heavy atom. The molecule has 1 unspecified atom stereocenters. The number of carboxylic acids is 2. The van der Waals surface area contributed by atoms with E-state index in [0.717, 1.165) is 36.8 Å². The van der Waals surface area contributed by atoms with E-state index in [-0.39, 0.29) is 6.42 Å². The summed E-state index contributed by atoms with van der Waals surface area (Å²) in [5.41, 5.74) is 3.28. The maximum atomic E-state index is 11.7. The van der Waals surface area contributed by atoms with Crippen LogP contribution in [0.15, 0.2) is 54.6 Å². The predicted octanol–water partition coefficient (Wildman–Crippen LogP) is 6.15. The van der Waals surface area contributed by atoms with Crippen molar-refractivity contribution in [2.24, 2.45) is 0 Å². The number of hydrogen-bond acceptors (Lipinski definition) is 3. The van der Waals surface area contributed by atoms with Crippen molar-refractivity contribution in [1.29, 1.82) is 0 Å². The SMILES string of the molecule is O=C(O)CCSC(C(=O)O)c1ccccc1CCCCCCCCc1ccccc1.